The molecule has 0 spiro atoms. The second-order valence-electron chi connectivity index (χ2n) is 4.15. The van der Waals surface area contributed by atoms with Crippen molar-refractivity contribution < 1.29 is 0 Å². The minimum atomic E-state index is 0.647. The van der Waals surface area contributed by atoms with Gasteiger partial charge < -0.3 is 5.73 Å². The second kappa shape index (κ2) is 5.02. The molecule has 0 aliphatic heterocycles. The third-order valence-corrected chi connectivity index (χ3v) is 3.19. The van der Waals surface area contributed by atoms with Crippen molar-refractivity contribution in [3.05, 3.63) is 45.7 Å². The number of nitrogens with zero attached hydrogens (tertiary/aromatic N) is 2. The molecule has 3 nitrogen and oxygen atoms in total. The van der Waals surface area contributed by atoms with E-state index >= 15 is 0 Å². The molecule has 0 fully saturated rings. The lowest BCUT2D eigenvalue weighted by Gasteiger charge is -2.11. The molecule has 90 valence electrons. The molecular weight excluding hydrogens is 278 g/mol. The molecule has 2 rings (SSSR count). The number of rotatable bonds is 3. The molecule has 0 saturated carbocycles. The monoisotopic (exact) mass is 293 g/mol. The van der Waals surface area contributed by atoms with E-state index < -0.39 is 0 Å². The summed E-state index contributed by atoms with van der Waals surface area (Å²) >= 11 is 3.50. The Labute approximate surface area is 110 Å². The Hall–Kier alpha value is -1.13. The number of aryl methyl sites for hydroxylation is 2. The van der Waals surface area contributed by atoms with Gasteiger partial charge >= 0.3 is 0 Å². The van der Waals surface area contributed by atoms with Crippen molar-refractivity contribution in [3.63, 3.8) is 0 Å². The fourth-order valence-electron chi connectivity index (χ4n) is 1.97. The van der Waals surface area contributed by atoms with Crippen molar-refractivity contribution in [1.29, 1.82) is 0 Å². The predicted molar refractivity (Wildman–Crippen MR) is 73.5 cm³/mol. The highest BCUT2D eigenvalue weighted by Crippen LogP contribution is 2.22. The Morgan fingerprint density at radius 3 is 2.65 bits per heavy atom. The molecule has 0 aliphatic carbocycles. The van der Waals surface area contributed by atoms with Crippen molar-refractivity contribution in [2.75, 3.05) is 6.54 Å². The lowest BCUT2D eigenvalue weighted by atomic mass is 10.1. The molecule has 0 radical (unpaired) electrons. The van der Waals surface area contributed by atoms with E-state index in [1.807, 2.05) is 17.7 Å². The molecule has 4 heteroatoms. The Morgan fingerprint density at radius 2 is 2.06 bits per heavy atom. The summed E-state index contributed by atoms with van der Waals surface area (Å²) in [6.45, 7) is 4.71. The molecule has 0 saturated heterocycles. The van der Waals surface area contributed by atoms with E-state index in [4.69, 9.17) is 5.73 Å². The number of nitrogens with two attached hydrogens (primary N) is 1. The van der Waals surface area contributed by atoms with Crippen LogP contribution in [0.3, 0.4) is 0 Å². The maximum absolute atomic E-state index is 5.65. The van der Waals surface area contributed by atoms with Crippen LogP contribution < -0.4 is 5.73 Å². The Kier molecular flexibility index (Phi) is 3.64. The average molecular weight is 294 g/mol. The van der Waals surface area contributed by atoms with Crippen LogP contribution in [0.15, 0.2) is 28.7 Å². The van der Waals surface area contributed by atoms with E-state index in [2.05, 4.69) is 46.2 Å². The van der Waals surface area contributed by atoms with E-state index in [0.717, 1.165) is 28.0 Å². The van der Waals surface area contributed by atoms with Gasteiger partial charge in [-0.2, -0.15) is 5.10 Å². The molecule has 0 unspecified atom stereocenters. The first kappa shape index (κ1) is 12.3. The van der Waals surface area contributed by atoms with Gasteiger partial charge in [-0.15, -0.1) is 0 Å². The van der Waals surface area contributed by atoms with Gasteiger partial charge in [-0.3, -0.25) is 0 Å². The summed E-state index contributed by atoms with van der Waals surface area (Å²) in [5, 5.41) is 4.52. The standard InChI is InChI=1S/C13H16BrN3/c1-9-7-10(2)17(16-9)13-8-12(14)4-3-11(13)5-6-15/h3-4,7-8H,5-6,15H2,1-2H3. The lowest BCUT2D eigenvalue weighted by Crippen LogP contribution is -2.08. The highest BCUT2D eigenvalue weighted by atomic mass is 79.9. The highest BCUT2D eigenvalue weighted by Gasteiger charge is 2.09. The topological polar surface area (TPSA) is 43.8 Å². The summed E-state index contributed by atoms with van der Waals surface area (Å²) in [5.74, 6) is 0. The molecule has 0 aliphatic rings. The molecule has 1 aromatic carbocycles. The van der Waals surface area contributed by atoms with Crippen molar-refractivity contribution in [3.8, 4) is 5.69 Å². The summed E-state index contributed by atoms with van der Waals surface area (Å²) in [5.41, 5.74) is 10.1. The summed E-state index contributed by atoms with van der Waals surface area (Å²) in [7, 11) is 0. The number of hydrogen-bond acceptors (Lipinski definition) is 2. The molecule has 0 atom stereocenters. The van der Waals surface area contributed by atoms with Crippen molar-refractivity contribution in [1.82, 2.24) is 9.78 Å². The van der Waals surface area contributed by atoms with Gasteiger partial charge in [-0.05, 0) is 50.6 Å². The van der Waals surface area contributed by atoms with Gasteiger partial charge in [0.15, 0.2) is 0 Å². The van der Waals surface area contributed by atoms with Crippen LogP contribution in [0.5, 0.6) is 0 Å². The van der Waals surface area contributed by atoms with Crippen molar-refractivity contribution in [2.24, 2.45) is 5.73 Å². The van der Waals surface area contributed by atoms with E-state index in [9.17, 15) is 0 Å². The fourth-order valence-corrected chi connectivity index (χ4v) is 2.32. The zero-order chi connectivity index (χ0) is 12.4. The van der Waals surface area contributed by atoms with E-state index in [0.29, 0.717) is 6.54 Å². The minimum Gasteiger partial charge on any atom is -0.330 e. The van der Waals surface area contributed by atoms with Crippen LogP contribution in [-0.4, -0.2) is 16.3 Å². The normalized spacial score (nSPS) is 10.8. The molecule has 2 aromatic rings. The summed E-state index contributed by atoms with van der Waals surface area (Å²) in [4.78, 5) is 0. The van der Waals surface area contributed by atoms with Crippen molar-refractivity contribution >= 4 is 15.9 Å². The minimum absolute atomic E-state index is 0.647. The van der Waals surface area contributed by atoms with Gasteiger partial charge in [0.1, 0.15) is 0 Å². The Morgan fingerprint density at radius 1 is 1.29 bits per heavy atom. The molecule has 0 amide bonds. The third kappa shape index (κ3) is 2.58. The maximum Gasteiger partial charge on any atom is 0.0692 e. The third-order valence-electron chi connectivity index (χ3n) is 2.70. The van der Waals surface area contributed by atoms with Gasteiger partial charge in [0.25, 0.3) is 0 Å². The molecular formula is C13H16BrN3. The van der Waals surface area contributed by atoms with Crippen LogP contribution in [0, 0.1) is 13.8 Å². The van der Waals surface area contributed by atoms with Gasteiger partial charge in [-0.25, -0.2) is 4.68 Å². The van der Waals surface area contributed by atoms with Gasteiger partial charge in [-0.1, -0.05) is 22.0 Å². The zero-order valence-electron chi connectivity index (χ0n) is 10.1. The second-order valence-corrected chi connectivity index (χ2v) is 5.07. The molecule has 2 N–H and O–H groups in total. The van der Waals surface area contributed by atoms with Gasteiger partial charge in [0.2, 0.25) is 0 Å². The van der Waals surface area contributed by atoms with Crippen LogP contribution >= 0.6 is 15.9 Å². The smallest absolute Gasteiger partial charge is 0.0692 e. The van der Waals surface area contributed by atoms with E-state index in [-0.39, 0.29) is 0 Å². The molecule has 1 heterocycles. The lowest BCUT2D eigenvalue weighted by molar-refractivity contribution is 0.813. The predicted octanol–water partition coefficient (Wildman–Crippen LogP) is 2.75. The van der Waals surface area contributed by atoms with E-state index in [1.54, 1.807) is 0 Å². The van der Waals surface area contributed by atoms with Crippen LogP contribution in [-0.2, 0) is 6.42 Å². The van der Waals surface area contributed by atoms with Crippen LogP contribution in [0.25, 0.3) is 5.69 Å². The highest BCUT2D eigenvalue weighted by molar-refractivity contribution is 9.10. The van der Waals surface area contributed by atoms with Crippen LogP contribution in [0.4, 0.5) is 0 Å². The largest absolute Gasteiger partial charge is 0.330 e. The van der Waals surface area contributed by atoms with Crippen molar-refractivity contribution in [2.45, 2.75) is 20.3 Å². The molecule has 17 heavy (non-hydrogen) atoms. The first-order valence-corrected chi connectivity index (χ1v) is 6.43. The average Bonchev–Trinajstić information content (AvgIpc) is 2.61. The summed E-state index contributed by atoms with van der Waals surface area (Å²) < 4.78 is 3.03. The van der Waals surface area contributed by atoms with Crippen LogP contribution in [0.2, 0.25) is 0 Å². The number of halogens is 1. The van der Waals surface area contributed by atoms with Gasteiger partial charge in [0.05, 0.1) is 11.4 Å². The molecule has 0 bridgehead atoms. The van der Waals surface area contributed by atoms with Gasteiger partial charge in [0, 0.05) is 10.2 Å². The zero-order valence-corrected chi connectivity index (χ0v) is 11.7. The number of benzene rings is 1. The first-order chi connectivity index (χ1) is 8.11. The SMILES string of the molecule is Cc1cc(C)n(-c2cc(Br)ccc2CCN)n1. The Bertz CT molecular complexity index is 531. The summed E-state index contributed by atoms with van der Waals surface area (Å²) in [6.07, 6.45) is 0.862. The number of aromatic nitrogens is 2. The molecule has 1 aromatic heterocycles. The van der Waals surface area contributed by atoms with E-state index in [1.165, 1.54) is 5.56 Å². The fraction of sp³-hybridized carbons (Fsp3) is 0.308. The maximum atomic E-state index is 5.65. The Balaban J connectivity index is 2.56. The quantitative estimate of drug-likeness (QED) is 0.946. The van der Waals surface area contributed by atoms with Crippen LogP contribution in [0.1, 0.15) is 17.0 Å². The number of hydrogen-bond donors (Lipinski definition) is 1. The first-order valence-electron chi connectivity index (χ1n) is 5.64. The summed E-state index contributed by atoms with van der Waals surface area (Å²) in [6, 6.07) is 8.31.